The van der Waals surface area contributed by atoms with Crippen LogP contribution < -0.4 is 4.90 Å². The maximum Gasteiger partial charge on any atom is 0.300 e. The van der Waals surface area contributed by atoms with E-state index < -0.39 is 11.7 Å². The van der Waals surface area contributed by atoms with Gasteiger partial charge in [-0.2, -0.15) is 0 Å². The zero-order valence-electron chi connectivity index (χ0n) is 13.7. The van der Waals surface area contributed by atoms with Crippen molar-refractivity contribution in [3.8, 4) is 0 Å². The van der Waals surface area contributed by atoms with Crippen molar-refractivity contribution in [1.82, 2.24) is 4.90 Å². The number of aryl methyl sites for hydroxylation is 2. The highest BCUT2D eigenvalue weighted by Gasteiger charge is 2.36. The van der Waals surface area contributed by atoms with Crippen molar-refractivity contribution in [3.05, 3.63) is 64.7 Å². The number of ketones is 1. The van der Waals surface area contributed by atoms with Gasteiger partial charge in [0.2, 0.25) is 0 Å². The highest BCUT2D eigenvalue weighted by Crippen LogP contribution is 2.29. The predicted molar refractivity (Wildman–Crippen MR) is 90.5 cm³/mol. The molecule has 0 bridgehead atoms. The fourth-order valence-electron chi connectivity index (χ4n) is 2.92. The van der Waals surface area contributed by atoms with Crippen molar-refractivity contribution < 1.29 is 9.59 Å². The van der Waals surface area contributed by atoms with Gasteiger partial charge < -0.3 is 0 Å². The third-order valence-electron chi connectivity index (χ3n) is 4.21. The number of amides is 1. The van der Waals surface area contributed by atoms with Crippen molar-refractivity contribution in [3.63, 3.8) is 0 Å². The number of fused-ring (bicyclic) bond motifs is 1. The number of hydrogen-bond acceptors (Lipinski definition) is 3. The lowest BCUT2D eigenvalue weighted by Crippen LogP contribution is -2.39. The van der Waals surface area contributed by atoms with E-state index in [1.54, 1.807) is 11.0 Å². The summed E-state index contributed by atoms with van der Waals surface area (Å²) >= 11 is 0. The fraction of sp³-hybridized carbons (Fsp3) is 0.263. The van der Waals surface area contributed by atoms with E-state index >= 15 is 0 Å². The Morgan fingerprint density at radius 2 is 1.78 bits per heavy atom. The molecule has 0 radical (unpaired) electrons. The Hall–Kier alpha value is -2.46. The van der Waals surface area contributed by atoms with E-state index in [0.717, 1.165) is 12.1 Å². The molecule has 3 rings (SSSR count). The molecule has 0 saturated carbocycles. The second-order valence-corrected chi connectivity index (χ2v) is 6.16. The molecule has 1 amide bonds. The largest absolute Gasteiger partial charge is 0.300 e. The molecule has 0 fully saturated rings. The van der Waals surface area contributed by atoms with E-state index in [9.17, 15) is 9.59 Å². The summed E-state index contributed by atoms with van der Waals surface area (Å²) < 4.78 is 0. The number of carbonyl (C=O) groups excluding carboxylic acids is 2. The minimum Gasteiger partial charge on any atom is -0.291 e. The van der Waals surface area contributed by atoms with Crippen LogP contribution in [0.3, 0.4) is 0 Å². The lowest BCUT2D eigenvalue weighted by atomic mass is 10.1. The molecule has 2 aromatic carbocycles. The van der Waals surface area contributed by atoms with E-state index in [0.29, 0.717) is 17.9 Å². The molecule has 0 saturated heterocycles. The molecular formula is C19H20N2O2. The van der Waals surface area contributed by atoms with E-state index in [2.05, 4.69) is 19.1 Å². The van der Waals surface area contributed by atoms with Gasteiger partial charge in [0.1, 0.15) is 0 Å². The van der Waals surface area contributed by atoms with Gasteiger partial charge in [-0.25, -0.2) is 0 Å². The number of benzene rings is 2. The second kappa shape index (κ2) is 5.97. The van der Waals surface area contributed by atoms with Crippen LogP contribution in [0.4, 0.5) is 5.69 Å². The fourth-order valence-corrected chi connectivity index (χ4v) is 2.92. The van der Waals surface area contributed by atoms with E-state index in [1.165, 1.54) is 11.1 Å². The van der Waals surface area contributed by atoms with E-state index in [1.807, 2.05) is 43.1 Å². The Morgan fingerprint density at radius 1 is 1.04 bits per heavy atom. The van der Waals surface area contributed by atoms with Crippen molar-refractivity contribution in [2.75, 3.05) is 18.6 Å². The van der Waals surface area contributed by atoms with Crippen LogP contribution in [-0.4, -0.2) is 30.3 Å². The molecule has 4 heteroatoms. The van der Waals surface area contributed by atoms with Crippen LogP contribution in [0, 0.1) is 13.8 Å². The lowest BCUT2D eigenvalue weighted by molar-refractivity contribution is -0.114. The SMILES string of the molecule is Cc1ccc2c(c1)C(=O)C(=O)N2CN(C)Cc1ccccc1C. The minimum atomic E-state index is -0.442. The smallest absolute Gasteiger partial charge is 0.291 e. The number of hydrogen-bond donors (Lipinski definition) is 0. The Bertz CT molecular complexity index is 783. The molecule has 1 heterocycles. The maximum absolute atomic E-state index is 12.3. The molecule has 23 heavy (non-hydrogen) atoms. The number of nitrogens with zero attached hydrogens (tertiary/aromatic N) is 2. The predicted octanol–water partition coefficient (Wildman–Crippen LogP) is 2.92. The average molecular weight is 308 g/mol. The highest BCUT2D eigenvalue weighted by atomic mass is 16.2. The summed E-state index contributed by atoms with van der Waals surface area (Å²) in [6.45, 7) is 5.12. The summed E-state index contributed by atoms with van der Waals surface area (Å²) in [7, 11) is 1.95. The Kier molecular flexibility index (Phi) is 4.01. The van der Waals surface area contributed by atoms with Gasteiger partial charge in [0.15, 0.2) is 0 Å². The van der Waals surface area contributed by atoms with Gasteiger partial charge in [-0.3, -0.25) is 19.4 Å². The molecule has 1 aliphatic heterocycles. The first-order valence-corrected chi connectivity index (χ1v) is 7.67. The molecule has 1 aliphatic rings. The highest BCUT2D eigenvalue weighted by molar-refractivity contribution is 6.52. The van der Waals surface area contributed by atoms with Crippen molar-refractivity contribution in [2.45, 2.75) is 20.4 Å². The summed E-state index contributed by atoms with van der Waals surface area (Å²) in [6.07, 6.45) is 0. The van der Waals surface area contributed by atoms with Crippen LogP contribution >= 0.6 is 0 Å². The van der Waals surface area contributed by atoms with Crippen LogP contribution in [0.25, 0.3) is 0 Å². The molecule has 2 aromatic rings. The van der Waals surface area contributed by atoms with Gasteiger partial charge in [0.05, 0.1) is 17.9 Å². The number of anilines is 1. The summed E-state index contributed by atoms with van der Waals surface area (Å²) in [4.78, 5) is 28.0. The standard InChI is InChI=1S/C19H20N2O2/c1-13-8-9-17-16(10-13)18(22)19(23)21(17)12-20(3)11-15-7-5-4-6-14(15)2/h4-10H,11-12H2,1-3H3. The molecule has 0 atom stereocenters. The van der Waals surface area contributed by atoms with Crippen molar-refractivity contribution in [2.24, 2.45) is 0 Å². The first kappa shape index (κ1) is 15.4. The van der Waals surface area contributed by atoms with Crippen LogP contribution in [0.1, 0.15) is 27.0 Å². The number of rotatable bonds is 4. The van der Waals surface area contributed by atoms with E-state index in [4.69, 9.17) is 0 Å². The summed E-state index contributed by atoms with van der Waals surface area (Å²) in [5.41, 5.74) is 4.65. The molecule has 118 valence electrons. The molecule has 0 N–H and O–H groups in total. The Labute approximate surface area is 136 Å². The van der Waals surface area contributed by atoms with Gasteiger partial charge in [0.25, 0.3) is 5.78 Å². The molecule has 0 aromatic heterocycles. The zero-order valence-corrected chi connectivity index (χ0v) is 13.7. The molecular weight excluding hydrogens is 288 g/mol. The van der Waals surface area contributed by atoms with Gasteiger partial charge in [0, 0.05) is 6.54 Å². The van der Waals surface area contributed by atoms with Gasteiger partial charge >= 0.3 is 5.91 Å². The monoisotopic (exact) mass is 308 g/mol. The molecule has 0 unspecified atom stereocenters. The molecule has 4 nitrogen and oxygen atoms in total. The third-order valence-corrected chi connectivity index (χ3v) is 4.21. The van der Waals surface area contributed by atoms with Crippen molar-refractivity contribution >= 4 is 17.4 Å². The third kappa shape index (κ3) is 2.90. The topological polar surface area (TPSA) is 40.6 Å². The molecule has 0 spiro atoms. The van der Waals surface area contributed by atoms with Gasteiger partial charge in [-0.1, -0.05) is 35.9 Å². The van der Waals surface area contributed by atoms with E-state index in [-0.39, 0.29) is 0 Å². The number of carbonyl (C=O) groups is 2. The second-order valence-electron chi connectivity index (χ2n) is 6.16. The van der Waals surface area contributed by atoms with Crippen LogP contribution in [-0.2, 0) is 11.3 Å². The first-order valence-electron chi connectivity index (χ1n) is 7.67. The average Bonchev–Trinajstić information content (AvgIpc) is 2.74. The zero-order chi connectivity index (χ0) is 16.6. The molecule has 0 aliphatic carbocycles. The van der Waals surface area contributed by atoms with Crippen molar-refractivity contribution in [1.29, 1.82) is 0 Å². The van der Waals surface area contributed by atoms with Gasteiger partial charge in [-0.05, 0) is 44.2 Å². The van der Waals surface area contributed by atoms with Crippen LogP contribution in [0.15, 0.2) is 42.5 Å². The summed E-state index contributed by atoms with van der Waals surface area (Å²) in [6, 6.07) is 13.8. The maximum atomic E-state index is 12.3. The normalized spacial score (nSPS) is 13.8. The number of Topliss-reactive ketones (excluding diaryl/α,β-unsaturated/α-hetero) is 1. The first-order chi connectivity index (χ1) is 11.0. The quantitative estimate of drug-likeness (QED) is 0.815. The van der Waals surface area contributed by atoms with Gasteiger partial charge in [-0.15, -0.1) is 0 Å². The lowest BCUT2D eigenvalue weighted by Gasteiger charge is -2.25. The summed E-state index contributed by atoms with van der Waals surface area (Å²) in [5, 5.41) is 0. The summed E-state index contributed by atoms with van der Waals surface area (Å²) in [5.74, 6) is -0.852. The minimum absolute atomic E-state index is 0.398. The van der Waals surface area contributed by atoms with Crippen LogP contribution in [0.5, 0.6) is 0 Å². The Balaban J connectivity index is 1.79. The van der Waals surface area contributed by atoms with Crippen LogP contribution in [0.2, 0.25) is 0 Å². The Morgan fingerprint density at radius 3 is 2.52 bits per heavy atom.